The number of H-pyrrole nitrogens is 1. The normalized spacial score (nSPS) is 26.5. The standard InChI is InChI=1S/C22H24F5NO3/c1-10(2)30-19-14(6-7-15(23)18(19)24)17-12(4)21(5,22(25,26)27)31-20(17)16-9-13(29)8-11(3)28-16/h6-10,12,17,20H,1-5H3,(H,28,29)/t12-,17-,20-,21+/m0/s1. The van der Waals surface area contributed by atoms with Crippen molar-refractivity contribution in [1.82, 2.24) is 4.98 Å². The molecule has 1 N–H and O–H groups in total. The quantitative estimate of drug-likeness (QED) is 0.627. The maximum Gasteiger partial charge on any atom is 0.417 e. The van der Waals surface area contributed by atoms with Gasteiger partial charge in [-0.1, -0.05) is 13.0 Å². The van der Waals surface area contributed by atoms with Gasteiger partial charge < -0.3 is 14.5 Å². The number of alkyl halides is 3. The second-order valence-electron chi connectivity index (χ2n) is 8.36. The summed E-state index contributed by atoms with van der Waals surface area (Å²) in [5, 5.41) is 0. The first-order chi connectivity index (χ1) is 14.3. The summed E-state index contributed by atoms with van der Waals surface area (Å²) in [4.78, 5) is 14.9. The molecule has 4 nitrogen and oxygen atoms in total. The van der Waals surface area contributed by atoms with E-state index >= 15 is 0 Å². The zero-order chi connectivity index (χ0) is 23.3. The van der Waals surface area contributed by atoms with E-state index < -0.39 is 58.6 Å². The monoisotopic (exact) mass is 445 g/mol. The van der Waals surface area contributed by atoms with Crippen LogP contribution in [0.3, 0.4) is 0 Å². The molecule has 0 radical (unpaired) electrons. The van der Waals surface area contributed by atoms with Crippen LogP contribution < -0.4 is 10.2 Å². The Morgan fingerprint density at radius 2 is 1.84 bits per heavy atom. The molecule has 0 bridgehead atoms. The molecule has 1 aliphatic heterocycles. The van der Waals surface area contributed by atoms with Crippen LogP contribution in [-0.4, -0.2) is 22.9 Å². The number of pyridine rings is 1. The number of aryl methyl sites for hydroxylation is 1. The van der Waals surface area contributed by atoms with Crippen molar-refractivity contribution in [2.45, 2.75) is 64.5 Å². The summed E-state index contributed by atoms with van der Waals surface area (Å²) in [6, 6.07) is 4.51. The number of aromatic nitrogens is 1. The Bertz CT molecular complexity index is 1030. The van der Waals surface area contributed by atoms with Gasteiger partial charge in [-0.2, -0.15) is 17.6 Å². The van der Waals surface area contributed by atoms with Crippen LogP contribution in [0.25, 0.3) is 0 Å². The van der Waals surface area contributed by atoms with Crippen molar-refractivity contribution in [1.29, 1.82) is 0 Å². The van der Waals surface area contributed by atoms with Crippen molar-refractivity contribution in [2.24, 2.45) is 5.92 Å². The molecule has 9 heteroatoms. The molecule has 1 aliphatic rings. The molecule has 0 spiro atoms. The molecule has 0 amide bonds. The Morgan fingerprint density at radius 3 is 2.39 bits per heavy atom. The minimum Gasteiger partial charge on any atom is -0.488 e. The minimum atomic E-state index is -4.75. The van der Waals surface area contributed by atoms with Crippen LogP contribution in [0.5, 0.6) is 5.75 Å². The lowest BCUT2D eigenvalue weighted by atomic mass is 9.76. The molecule has 1 aromatic carbocycles. The summed E-state index contributed by atoms with van der Waals surface area (Å²) >= 11 is 0. The molecule has 1 aromatic heterocycles. The topological polar surface area (TPSA) is 51.3 Å². The fourth-order valence-electron chi connectivity index (χ4n) is 4.09. The van der Waals surface area contributed by atoms with E-state index in [2.05, 4.69) is 4.98 Å². The summed E-state index contributed by atoms with van der Waals surface area (Å²) in [6.07, 6.45) is -6.58. The predicted octanol–water partition coefficient (Wildman–Crippen LogP) is 5.56. The Kier molecular flexibility index (Phi) is 5.94. The van der Waals surface area contributed by atoms with E-state index in [1.165, 1.54) is 19.1 Å². The average Bonchev–Trinajstić information content (AvgIpc) is 2.91. The van der Waals surface area contributed by atoms with Crippen LogP contribution in [0.2, 0.25) is 0 Å². The highest BCUT2D eigenvalue weighted by Gasteiger charge is 2.65. The third-order valence-electron chi connectivity index (χ3n) is 5.77. The van der Waals surface area contributed by atoms with Gasteiger partial charge in [-0.15, -0.1) is 0 Å². The number of ether oxygens (including phenoxy) is 2. The predicted molar refractivity (Wildman–Crippen MR) is 104 cm³/mol. The number of nitrogens with one attached hydrogen (secondary N) is 1. The average molecular weight is 445 g/mol. The molecule has 0 unspecified atom stereocenters. The van der Waals surface area contributed by atoms with E-state index in [1.807, 2.05) is 0 Å². The van der Waals surface area contributed by atoms with Crippen LogP contribution in [0.4, 0.5) is 22.0 Å². The van der Waals surface area contributed by atoms with Crippen LogP contribution in [0, 0.1) is 24.5 Å². The van der Waals surface area contributed by atoms with Gasteiger partial charge in [0.2, 0.25) is 5.82 Å². The zero-order valence-electron chi connectivity index (χ0n) is 17.7. The number of halogens is 5. The lowest BCUT2D eigenvalue weighted by molar-refractivity contribution is -0.275. The number of benzene rings is 1. The van der Waals surface area contributed by atoms with Crippen LogP contribution in [-0.2, 0) is 4.74 Å². The maximum absolute atomic E-state index is 14.7. The molecule has 2 aromatic rings. The van der Waals surface area contributed by atoms with Crippen molar-refractivity contribution in [3.05, 3.63) is 63.1 Å². The molecular weight excluding hydrogens is 421 g/mol. The minimum absolute atomic E-state index is 0.0421. The Labute approximate surface area is 176 Å². The molecule has 3 rings (SSSR count). The van der Waals surface area contributed by atoms with Gasteiger partial charge in [0, 0.05) is 40.9 Å². The molecule has 4 atom stereocenters. The van der Waals surface area contributed by atoms with Crippen molar-refractivity contribution in [2.75, 3.05) is 0 Å². The highest BCUT2D eigenvalue weighted by atomic mass is 19.4. The highest BCUT2D eigenvalue weighted by Crippen LogP contribution is 2.59. The second-order valence-corrected chi connectivity index (χ2v) is 8.36. The van der Waals surface area contributed by atoms with Gasteiger partial charge >= 0.3 is 6.18 Å². The highest BCUT2D eigenvalue weighted by molar-refractivity contribution is 5.42. The Morgan fingerprint density at radius 1 is 1.19 bits per heavy atom. The van der Waals surface area contributed by atoms with E-state index in [-0.39, 0.29) is 11.3 Å². The number of aromatic amines is 1. The number of rotatable bonds is 4. The first-order valence-electron chi connectivity index (χ1n) is 9.86. The van der Waals surface area contributed by atoms with E-state index in [0.717, 1.165) is 19.1 Å². The molecule has 31 heavy (non-hydrogen) atoms. The molecule has 170 valence electrons. The second kappa shape index (κ2) is 7.93. The summed E-state index contributed by atoms with van der Waals surface area (Å²) in [7, 11) is 0. The lowest BCUT2D eigenvalue weighted by Gasteiger charge is -2.32. The Balaban J connectivity index is 2.26. The summed E-state index contributed by atoms with van der Waals surface area (Å²) in [5.74, 6) is -5.20. The van der Waals surface area contributed by atoms with E-state index in [0.29, 0.717) is 5.69 Å². The first kappa shape index (κ1) is 23.2. The van der Waals surface area contributed by atoms with Crippen LogP contribution >= 0.6 is 0 Å². The molecule has 2 heterocycles. The van der Waals surface area contributed by atoms with Crippen molar-refractivity contribution < 1.29 is 31.4 Å². The lowest BCUT2D eigenvalue weighted by Crippen LogP contribution is -2.46. The molecule has 0 saturated carbocycles. The summed E-state index contributed by atoms with van der Waals surface area (Å²) in [5.41, 5.74) is -2.41. The largest absolute Gasteiger partial charge is 0.488 e. The summed E-state index contributed by atoms with van der Waals surface area (Å²) in [6.45, 7) is 7.04. The SMILES string of the molecule is Cc1cc(=O)cc([C@@H]2O[C@@](C)(C(F)(F)F)[C@@H](C)[C@H]2c2ccc(F)c(F)c2OC(C)C)[nH]1. The van der Waals surface area contributed by atoms with Gasteiger partial charge in [-0.25, -0.2) is 4.39 Å². The van der Waals surface area contributed by atoms with Gasteiger partial charge in [0.1, 0.15) is 6.10 Å². The van der Waals surface area contributed by atoms with E-state index in [1.54, 1.807) is 20.8 Å². The fourth-order valence-corrected chi connectivity index (χ4v) is 4.09. The van der Waals surface area contributed by atoms with Gasteiger partial charge in [-0.05, 0) is 33.8 Å². The van der Waals surface area contributed by atoms with Crippen molar-refractivity contribution >= 4 is 0 Å². The molecular formula is C22H24F5NO3. The third kappa shape index (κ3) is 4.07. The van der Waals surface area contributed by atoms with Gasteiger partial charge in [0.05, 0.1) is 6.10 Å². The van der Waals surface area contributed by atoms with Crippen molar-refractivity contribution in [3.63, 3.8) is 0 Å². The van der Waals surface area contributed by atoms with Crippen LogP contribution in [0.1, 0.15) is 56.7 Å². The molecule has 0 aliphatic carbocycles. The zero-order valence-corrected chi connectivity index (χ0v) is 17.7. The maximum atomic E-state index is 14.7. The van der Waals surface area contributed by atoms with E-state index in [4.69, 9.17) is 9.47 Å². The number of hydrogen-bond acceptors (Lipinski definition) is 3. The first-order valence-corrected chi connectivity index (χ1v) is 9.86. The van der Waals surface area contributed by atoms with Gasteiger partial charge in [0.15, 0.2) is 22.6 Å². The van der Waals surface area contributed by atoms with Gasteiger partial charge in [-0.3, -0.25) is 4.79 Å². The summed E-state index contributed by atoms with van der Waals surface area (Å²) < 4.78 is 81.7. The molecule has 1 fully saturated rings. The number of hydrogen-bond donors (Lipinski definition) is 1. The van der Waals surface area contributed by atoms with Gasteiger partial charge in [0.25, 0.3) is 0 Å². The third-order valence-corrected chi connectivity index (χ3v) is 5.77. The van der Waals surface area contributed by atoms with E-state index in [9.17, 15) is 26.7 Å². The fraction of sp³-hybridized carbons (Fsp3) is 0.500. The Hall–Kier alpha value is -2.42. The molecule has 1 saturated heterocycles. The smallest absolute Gasteiger partial charge is 0.417 e. The van der Waals surface area contributed by atoms with Crippen molar-refractivity contribution in [3.8, 4) is 5.75 Å². The van der Waals surface area contributed by atoms with Crippen LogP contribution in [0.15, 0.2) is 29.1 Å².